The van der Waals surface area contributed by atoms with Crippen molar-refractivity contribution < 1.29 is 32.4 Å². The molecule has 0 N–H and O–H groups in total. The van der Waals surface area contributed by atoms with E-state index in [4.69, 9.17) is 21.1 Å². The Hall–Kier alpha value is -3.07. The highest BCUT2D eigenvalue weighted by molar-refractivity contribution is 6.32. The van der Waals surface area contributed by atoms with Gasteiger partial charge in [0.1, 0.15) is 23.7 Å². The molecule has 29 heavy (non-hydrogen) atoms. The molecule has 0 saturated carbocycles. The summed E-state index contributed by atoms with van der Waals surface area (Å²) in [5, 5.41) is 10.9. The molecular formula is C19H15ClF3NO5. The van der Waals surface area contributed by atoms with E-state index in [0.717, 1.165) is 24.3 Å². The van der Waals surface area contributed by atoms with Gasteiger partial charge in [-0.3, -0.25) is 10.1 Å². The fraction of sp³-hybridized carbons (Fsp3) is 0.211. The van der Waals surface area contributed by atoms with E-state index in [1.165, 1.54) is 6.07 Å². The van der Waals surface area contributed by atoms with Crippen LogP contribution in [0.2, 0.25) is 5.02 Å². The molecule has 0 amide bonds. The number of hydrogen-bond acceptors (Lipinski definition) is 5. The minimum Gasteiger partial charge on any atom is -0.457 e. The zero-order valence-electron chi connectivity index (χ0n) is 15.1. The second-order valence-corrected chi connectivity index (χ2v) is 6.27. The molecule has 0 aliphatic carbocycles. The van der Waals surface area contributed by atoms with Crippen molar-refractivity contribution in [3.8, 4) is 11.5 Å². The number of carbonyl (C=O) groups is 1. The van der Waals surface area contributed by atoms with Crippen LogP contribution in [0.5, 0.6) is 11.5 Å². The maximum Gasteiger partial charge on any atom is 0.416 e. The van der Waals surface area contributed by atoms with Crippen LogP contribution in [0.15, 0.2) is 48.6 Å². The second kappa shape index (κ2) is 8.95. The molecule has 0 aliphatic heterocycles. The first-order valence-corrected chi connectivity index (χ1v) is 8.57. The van der Waals surface area contributed by atoms with Gasteiger partial charge in [0.2, 0.25) is 0 Å². The Labute approximate surface area is 168 Å². The number of carbonyl (C=O) groups excluding carboxylic acids is 1. The predicted octanol–water partition coefficient (Wildman–Crippen LogP) is 6.18. The molecule has 2 aromatic carbocycles. The smallest absolute Gasteiger partial charge is 0.416 e. The highest BCUT2D eigenvalue weighted by atomic mass is 35.5. The Kier molecular flexibility index (Phi) is 6.86. The standard InChI is InChI=1S/C19H15ClF3NO5/c1-3-11(2)10-28-18(25)14-9-13(5-6-16(14)24(26)27)29-17-7-4-12(8-15(17)20)19(21,22)23/h4-9H,2-3,10H2,1H3. The third-order valence-electron chi connectivity index (χ3n) is 3.78. The van der Waals surface area contributed by atoms with Gasteiger partial charge in [0.05, 0.1) is 15.5 Å². The lowest BCUT2D eigenvalue weighted by Gasteiger charge is -2.12. The molecule has 0 saturated heterocycles. The minimum atomic E-state index is -4.57. The fourth-order valence-electron chi connectivity index (χ4n) is 2.14. The number of nitrogens with zero attached hydrogens (tertiary/aromatic N) is 1. The number of rotatable bonds is 7. The molecular weight excluding hydrogens is 415 g/mol. The van der Waals surface area contributed by atoms with Crippen molar-refractivity contribution in [3.05, 3.63) is 74.8 Å². The molecule has 0 spiro atoms. The van der Waals surface area contributed by atoms with Crippen LogP contribution in [0, 0.1) is 10.1 Å². The molecule has 0 aliphatic rings. The summed E-state index contributed by atoms with van der Waals surface area (Å²) in [7, 11) is 0. The van der Waals surface area contributed by atoms with Gasteiger partial charge >= 0.3 is 12.1 Å². The summed E-state index contributed by atoms with van der Waals surface area (Å²) in [6, 6.07) is 5.75. The lowest BCUT2D eigenvalue weighted by molar-refractivity contribution is -0.385. The third-order valence-corrected chi connectivity index (χ3v) is 4.07. The monoisotopic (exact) mass is 429 g/mol. The van der Waals surface area contributed by atoms with Crippen molar-refractivity contribution in [2.75, 3.05) is 6.61 Å². The summed E-state index contributed by atoms with van der Waals surface area (Å²) in [6.45, 7) is 5.37. The molecule has 0 fully saturated rings. The Balaban J connectivity index is 2.32. The number of halogens is 4. The minimum absolute atomic E-state index is 0.0430. The van der Waals surface area contributed by atoms with Crippen molar-refractivity contribution in [3.63, 3.8) is 0 Å². The number of nitro groups is 1. The topological polar surface area (TPSA) is 78.7 Å². The summed E-state index contributed by atoms with van der Waals surface area (Å²) in [5.74, 6) is -1.12. The van der Waals surface area contributed by atoms with E-state index in [1.54, 1.807) is 6.92 Å². The number of benzene rings is 2. The second-order valence-electron chi connectivity index (χ2n) is 5.86. The zero-order chi connectivity index (χ0) is 21.8. The molecule has 2 aromatic rings. The molecule has 2 rings (SSSR count). The maximum absolute atomic E-state index is 12.7. The van der Waals surface area contributed by atoms with Crippen LogP contribution in [0.3, 0.4) is 0 Å². The number of esters is 1. The van der Waals surface area contributed by atoms with Crippen LogP contribution in [-0.2, 0) is 10.9 Å². The average molecular weight is 430 g/mol. The van der Waals surface area contributed by atoms with Crippen LogP contribution in [0.1, 0.15) is 29.3 Å². The van der Waals surface area contributed by atoms with E-state index in [2.05, 4.69) is 6.58 Å². The molecule has 0 radical (unpaired) electrons. The van der Waals surface area contributed by atoms with Crippen LogP contribution in [-0.4, -0.2) is 17.5 Å². The Bertz CT molecular complexity index is 959. The first kappa shape index (κ1) is 22.2. The van der Waals surface area contributed by atoms with E-state index < -0.39 is 28.3 Å². The number of alkyl halides is 3. The van der Waals surface area contributed by atoms with Gasteiger partial charge in [-0.05, 0) is 36.3 Å². The predicted molar refractivity (Wildman–Crippen MR) is 99.3 cm³/mol. The van der Waals surface area contributed by atoms with E-state index in [0.29, 0.717) is 18.1 Å². The van der Waals surface area contributed by atoms with E-state index in [-0.39, 0.29) is 28.7 Å². The lowest BCUT2D eigenvalue weighted by Crippen LogP contribution is -2.10. The summed E-state index contributed by atoms with van der Waals surface area (Å²) in [4.78, 5) is 22.7. The van der Waals surface area contributed by atoms with Crippen molar-refractivity contribution in [2.45, 2.75) is 19.5 Å². The largest absolute Gasteiger partial charge is 0.457 e. The van der Waals surface area contributed by atoms with Gasteiger partial charge in [-0.25, -0.2) is 4.79 Å². The molecule has 0 heterocycles. The third kappa shape index (κ3) is 5.71. The zero-order valence-corrected chi connectivity index (χ0v) is 15.8. The van der Waals surface area contributed by atoms with Crippen LogP contribution in [0.4, 0.5) is 18.9 Å². The molecule has 154 valence electrons. The lowest BCUT2D eigenvalue weighted by atomic mass is 10.1. The van der Waals surface area contributed by atoms with E-state index >= 15 is 0 Å². The summed E-state index contributed by atoms with van der Waals surface area (Å²) in [6.07, 6.45) is -4.01. The SMILES string of the molecule is C=C(CC)COC(=O)c1cc(Oc2ccc(C(F)(F)F)cc2Cl)ccc1[N+](=O)[O-]. The van der Waals surface area contributed by atoms with Crippen LogP contribution in [0.25, 0.3) is 0 Å². The maximum atomic E-state index is 12.7. The quantitative estimate of drug-likeness (QED) is 0.227. The van der Waals surface area contributed by atoms with Gasteiger partial charge in [-0.15, -0.1) is 0 Å². The number of nitro benzene ring substituents is 1. The van der Waals surface area contributed by atoms with E-state index in [1.807, 2.05) is 0 Å². The molecule has 0 unspecified atom stereocenters. The Morgan fingerprint density at radius 3 is 2.48 bits per heavy atom. The van der Waals surface area contributed by atoms with Crippen molar-refractivity contribution in [1.82, 2.24) is 0 Å². The summed E-state index contributed by atoms with van der Waals surface area (Å²) < 4.78 is 48.6. The molecule has 6 nitrogen and oxygen atoms in total. The number of ether oxygens (including phenoxy) is 2. The van der Waals surface area contributed by atoms with E-state index in [9.17, 15) is 28.1 Å². The summed E-state index contributed by atoms with van der Waals surface area (Å²) in [5.41, 5.74) is -1.23. The van der Waals surface area contributed by atoms with Gasteiger partial charge in [-0.1, -0.05) is 25.1 Å². The normalized spacial score (nSPS) is 11.1. The van der Waals surface area contributed by atoms with Crippen molar-refractivity contribution >= 4 is 23.3 Å². The van der Waals surface area contributed by atoms with Gasteiger partial charge in [0.25, 0.3) is 5.69 Å². The Morgan fingerprint density at radius 2 is 1.93 bits per heavy atom. The first-order valence-electron chi connectivity index (χ1n) is 8.19. The van der Waals surface area contributed by atoms with Crippen LogP contribution >= 0.6 is 11.6 Å². The van der Waals surface area contributed by atoms with Crippen molar-refractivity contribution in [1.29, 1.82) is 0 Å². The number of hydrogen-bond donors (Lipinski definition) is 0. The first-order chi connectivity index (χ1) is 13.5. The van der Waals surface area contributed by atoms with Gasteiger partial charge < -0.3 is 9.47 Å². The highest BCUT2D eigenvalue weighted by Gasteiger charge is 2.31. The highest BCUT2D eigenvalue weighted by Crippen LogP contribution is 2.37. The molecule has 10 heteroatoms. The summed E-state index contributed by atoms with van der Waals surface area (Å²) >= 11 is 5.84. The van der Waals surface area contributed by atoms with Gasteiger partial charge in [0, 0.05) is 12.1 Å². The van der Waals surface area contributed by atoms with Gasteiger partial charge in [0.15, 0.2) is 0 Å². The average Bonchev–Trinajstić information content (AvgIpc) is 2.66. The van der Waals surface area contributed by atoms with Gasteiger partial charge in [-0.2, -0.15) is 13.2 Å². The Morgan fingerprint density at radius 1 is 1.24 bits per heavy atom. The molecule has 0 aromatic heterocycles. The van der Waals surface area contributed by atoms with Crippen LogP contribution < -0.4 is 4.74 Å². The molecule has 0 bridgehead atoms. The fourth-order valence-corrected chi connectivity index (χ4v) is 2.35. The molecule has 0 atom stereocenters. The van der Waals surface area contributed by atoms with Crippen molar-refractivity contribution in [2.24, 2.45) is 0 Å².